The molecule has 4 unspecified atom stereocenters. The highest BCUT2D eigenvalue weighted by molar-refractivity contribution is 6.32. The number of phenols is 1. The molecule has 10 rings (SSSR count). The van der Waals surface area contributed by atoms with Gasteiger partial charge in [0.15, 0.2) is 11.5 Å². The van der Waals surface area contributed by atoms with Crippen molar-refractivity contribution in [3.63, 3.8) is 0 Å². The summed E-state index contributed by atoms with van der Waals surface area (Å²) in [5.74, 6) is -1.37. The van der Waals surface area contributed by atoms with Gasteiger partial charge in [-0.25, -0.2) is 33.4 Å². The van der Waals surface area contributed by atoms with E-state index in [9.17, 15) is 19.5 Å². The van der Waals surface area contributed by atoms with Gasteiger partial charge in [-0.1, -0.05) is 54.1 Å². The van der Waals surface area contributed by atoms with Crippen molar-refractivity contribution < 1.29 is 28.9 Å². The lowest BCUT2D eigenvalue weighted by Crippen LogP contribution is -2.55. The number of amides is 2. The molecule has 16 heteroatoms. The third-order valence-corrected chi connectivity index (χ3v) is 13.1. The van der Waals surface area contributed by atoms with E-state index in [1.165, 1.54) is 39.1 Å². The van der Waals surface area contributed by atoms with E-state index in [2.05, 4.69) is 4.98 Å². The van der Waals surface area contributed by atoms with E-state index in [-0.39, 0.29) is 43.8 Å². The number of phenolic OH excluding ortho intramolecular Hbond substituents is 1. The molecule has 0 bridgehead atoms. The van der Waals surface area contributed by atoms with Crippen LogP contribution in [-0.2, 0) is 48.0 Å². The van der Waals surface area contributed by atoms with E-state index < -0.39 is 52.0 Å². The van der Waals surface area contributed by atoms with Crippen LogP contribution in [0, 0.1) is 11.8 Å². The van der Waals surface area contributed by atoms with Crippen LogP contribution >= 0.6 is 11.6 Å². The second-order valence-corrected chi connectivity index (χ2v) is 16.4. The summed E-state index contributed by atoms with van der Waals surface area (Å²) < 4.78 is 22.3. The van der Waals surface area contributed by atoms with Crippen LogP contribution in [0.25, 0.3) is 11.0 Å². The lowest BCUT2D eigenvalue weighted by atomic mass is 9.52. The first-order valence-electron chi connectivity index (χ1n) is 20.1. The third-order valence-electron chi connectivity index (χ3n) is 12.9. The fourth-order valence-corrected chi connectivity index (χ4v) is 10.3. The number of nitrogens with zero attached hydrogens (tertiary/aromatic N) is 6. The molecule has 1 saturated heterocycles. The van der Waals surface area contributed by atoms with Crippen molar-refractivity contribution in [1.29, 1.82) is 0 Å². The van der Waals surface area contributed by atoms with E-state index in [1.807, 2.05) is 36.4 Å². The number of rotatable bonds is 8. The van der Waals surface area contributed by atoms with E-state index >= 15 is 9.59 Å². The summed E-state index contributed by atoms with van der Waals surface area (Å²) in [6.07, 6.45) is 3.70. The molecule has 1 saturated carbocycles. The molecule has 5 heterocycles. The van der Waals surface area contributed by atoms with Gasteiger partial charge in [0.25, 0.3) is 5.56 Å². The zero-order chi connectivity index (χ0) is 43.2. The van der Waals surface area contributed by atoms with Gasteiger partial charge in [-0.05, 0) is 59.5 Å². The van der Waals surface area contributed by atoms with Crippen molar-refractivity contribution in [2.45, 2.75) is 43.8 Å². The maximum Gasteiger partial charge on any atom is 0.347 e. The van der Waals surface area contributed by atoms with Gasteiger partial charge in [0.05, 0.1) is 61.1 Å². The average molecular weight is 855 g/mol. The first-order chi connectivity index (χ1) is 30.0. The second kappa shape index (κ2) is 14.5. The summed E-state index contributed by atoms with van der Waals surface area (Å²) in [6, 6.07) is 23.0. The van der Waals surface area contributed by atoms with E-state index in [0.29, 0.717) is 61.3 Å². The molecular formula is C46H39ClN6O9. The topological polar surface area (TPSA) is 169 Å². The number of aromatic hydroxyl groups is 1. The molecule has 4 aromatic carbocycles. The van der Waals surface area contributed by atoms with Gasteiger partial charge in [0, 0.05) is 55.1 Å². The molecule has 15 nitrogen and oxygen atoms in total. The van der Waals surface area contributed by atoms with Gasteiger partial charge in [-0.2, -0.15) is 0 Å². The van der Waals surface area contributed by atoms with Crippen molar-refractivity contribution >= 4 is 40.1 Å². The number of methoxy groups -OCH3 is 2. The number of aromatic nitrogens is 5. The van der Waals surface area contributed by atoms with Crippen LogP contribution in [0.2, 0.25) is 5.02 Å². The maximum absolute atomic E-state index is 15.6. The Kier molecular flexibility index (Phi) is 9.14. The zero-order valence-corrected chi connectivity index (χ0v) is 34.5. The van der Waals surface area contributed by atoms with Crippen molar-refractivity contribution in [3.05, 3.63) is 162 Å². The molecule has 2 fully saturated rings. The minimum atomic E-state index is -1.52. The highest BCUT2D eigenvalue weighted by Gasteiger charge is 2.69. The van der Waals surface area contributed by atoms with Gasteiger partial charge in [-0.15, -0.1) is 0 Å². The summed E-state index contributed by atoms with van der Waals surface area (Å²) in [5, 5.41) is 10.8. The Morgan fingerprint density at radius 3 is 2.45 bits per heavy atom. The quantitative estimate of drug-likeness (QED) is 0.166. The molecule has 2 aromatic heterocycles. The normalized spacial score (nSPS) is 21.4. The molecule has 4 atom stereocenters. The Hall–Kier alpha value is -7.13. The van der Waals surface area contributed by atoms with E-state index in [1.54, 1.807) is 61.8 Å². The number of halogens is 1. The third kappa shape index (κ3) is 5.64. The highest BCUT2D eigenvalue weighted by atomic mass is 35.5. The first-order valence-corrected chi connectivity index (χ1v) is 20.4. The number of fused-ring (bicyclic) bond motifs is 6. The number of carbonyl (C=O) groups is 2. The van der Waals surface area contributed by atoms with Crippen LogP contribution < -0.4 is 36.0 Å². The van der Waals surface area contributed by atoms with Crippen molar-refractivity contribution in [2.24, 2.45) is 18.9 Å². The van der Waals surface area contributed by atoms with Crippen molar-refractivity contribution in [3.8, 4) is 23.0 Å². The largest absolute Gasteiger partial charge is 0.508 e. The fourth-order valence-electron chi connectivity index (χ4n) is 10.2. The predicted octanol–water partition coefficient (Wildman–Crippen LogP) is 4.82. The number of hydrogen-bond donors (Lipinski definition) is 1. The van der Waals surface area contributed by atoms with Crippen LogP contribution in [0.1, 0.15) is 29.3 Å². The lowest BCUT2D eigenvalue weighted by molar-refractivity contribution is -0.125. The average Bonchev–Trinajstić information content (AvgIpc) is 3.66. The summed E-state index contributed by atoms with van der Waals surface area (Å²) >= 11 is 6.45. The number of imide groups is 1. The molecule has 4 aliphatic rings. The number of carbonyl (C=O) groups excluding carboxylic acids is 2. The number of benzene rings is 4. The SMILES string of the molecule is COc1cc2nc(CCn3c(=O)n4n(c3=O)C3CC5C(=O)N(c6cccc(Cl)c6)C(=O)C5(c5ccccc5)C(C5=COc6ccc(O)cc6C5)C3=CC4)c(=O)n(C)c2cc1OC. The molecule has 0 radical (unpaired) electrons. The molecule has 0 spiro atoms. The Labute approximate surface area is 357 Å². The summed E-state index contributed by atoms with van der Waals surface area (Å²) in [5.41, 5.74) is 0.890. The molecule has 314 valence electrons. The summed E-state index contributed by atoms with van der Waals surface area (Å²) in [7, 11) is 4.61. The minimum absolute atomic E-state index is 0.00576. The number of hydrogen-bond acceptors (Lipinski definition) is 10. The molecule has 1 N–H and O–H groups in total. The second-order valence-electron chi connectivity index (χ2n) is 15.9. The van der Waals surface area contributed by atoms with Crippen LogP contribution in [-0.4, -0.2) is 54.6 Å². The number of anilines is 1. The van der Waals surface area contributed by atoms with Gasteiger partial charge in [0.1, 0.15) is 17.2 Å². The maximum atomic E-state index is 15.6. The van der Waals surface area contributed by atoms with Crippen LogP contribution in [0.4, 0.5) is 5.69 Å². The summed E-state index contributed by atoms with van der Waals surface area (Å²) in [6.45, 7) is -0.171. The monoisotopic (exact) mass is 854 g/mol. The zero-order valence-electron chi connectivity index (χ0n) is 33.8. The Bertz CT molecular complexity index is 3150. The van der Waals surface area contributed by atoms with Gasteiger partial charge in [0.2, 0.25) is 11.8 Å². The molecule has 3 aliphatic heterocycles. The van der Waals surface area contributed by atoms with Gasteiger partial charge >= 0.3 is 11.4 Å². The first kappa shape index (κ1) is 39.0. The van der Waals surface area contributed by atoms with Crippen LogP contribution in [0.5, 0.6) is 23.0 Å². The molecular weight excluding hydrogens is 816 g/mol. The number of aryl methyl sites for hydroxylation is 2. The molecule has 2 amide bonds. The Morgan fingerprint density at radius 1 is 0.919 bits per heavy atom. The van der Waals surface area contributed by atoms with Gasteiger partial charge in [-0.3, -0.25) is 14.4 Å². The van der Waals surface area contributed by atoms with Crippen molar-refractivity contribution in [2.75, 3.05) is 19.1 Å². The van der Waals surface area contributed by atoms with E-state index in [4.69, 9.17) is 25.8 Å². The standard InChI is InChI=1S/C46H39ClN6O9/c1-49-36-23-39(61-3)38(60-2)22-34(36)48-33(42(49)56)15-16-50-44(58)51-17-14-31-35(53(51)45(50)59)21-32-41(55)52(29-11-7-10-28(47)20-29)43(57)46(32,27-8-5-4-6-9-27)40(31)26-18-25-19-30(54)12-13-37(25)62-24-26/h4-14,19-20,22-24,32,35,40,54H,15-18,21H2,1-3H3. The van der Waals surface area contributed by atoms with Crippen molar-refractivity contribution in [1.82, 2.24) is 23.5 Å². The van der Waals surface area contributed by atoms with Gasteiger partial charge < -0.3 is 23.9 Å². The Morgan fingerprint density at radius 2 is 1.69 bits per heavy atom. The number of allylic oxidation sites excluding steroid dienone is 3. The van der Waals surface area contributed by atoms with Crippen LogP contribution in [0.15, 0.2) is 123 Å². The molecule has 6 aromatic rings. The highest BCUT2D eigenvalue weighted by Crippen LogP contribution is 2.61. The van der Waals surface area contributed by atoms with Crippen LogP contribution in [0.3, 0.4) is 0 Å². The molecule has 1 aliphatic carbocycles. The summed E-state index contributed by atoms with van der Waals surface area (Å²) in [4.78, 5) is 79.0. The minimum Gasteiger partial charge on any atom is -0.508 e. The number of ether oxygens (including phenoxy) is 3. The molecule has 62 heavy (non-hydrogen) atoms. The predicted molar refractivity (Wildman–Crippen MR) is 228 cm³/mol. The Balaban J connectivity index is 1.11. The smallest absolute Gasteiger partial charge is 0.347 e. The lowest BCUT2D eigenvalue weighted by Gasteiger charge is -2.50. The van der Waals surface area contributed by atoms with E-state index in [0.717, 1.165) is 4.57 Å². The fraction of sp³-hybridized carbons (Fsp3) is 0.261.